The molecule has 0 radical (unpaired) electrons. The summed E-state index contributed by atoms with van der Waals surface area (Å²) in [5.74, 6) is 2.16. The van der Waals surface area contributed by atoms with E-state index < -0.39 is 0 Å². The molecule has 2 N–H and O–H groups in total. The molecular formula is C18H37IN4O. The predicted molar refractivity (Wildman–Crippen MR) is 112 cm³/mol. The van der Waals surface area contributed by atoms with Crippen LogP contribution in [-0.4, -0.2) is 67.7 Å². The maximum Gasteiger partial charge on any atom is 0.191 e. The Kier molecular flexibility index (Phi) is 10.5. The Morgan fingerprint density at radius 2 is 1.88 bits per heavy atom. The zero-order chi connectivity index (χ0) is 16.7. The van der Waals surface area contributed by atoms with Gasteiger partial charge in [-0.2, -0.15) is 0 Å². The van der Waals surface area contributed by atoms with Gasteiger partial charge < -0.3 is 15.4 Å². The summed E-state index contributed by atoms with van der Waals surface area (Å²) < 4.78 is 5.52. The standard InChI is InChI=1S/C18H36N4O.HI/c1-4-16(5-2)17(21-9-11-23-12-10-21)13-20-18(19)22-8-6-7-15(3)14-22;/h15-17H,4-14H2,1-3H3,(H2,19,20);1H. The lowest BCUT2D eigenvalue weighted by Crippen LogP contribution is -2.49. The van der Waals surface area contributed by atoms with Gasteiger partial charge in [-0.3, -0.25) is 9.89 Å². The van der Waals surface area contributed by atoms with E-state index in [1.807, 2.05) is 0 Å². The van der Waals surface area contributed by atoms with Crippen LogP contribution in [0.5, 0.6) is 0 Å². The quantitative estimate of drug-likeness (QED) is 0.383. The number of aliphatic imine (C=N–C) groups is 1. The molecule has 0 aromatic rings. The van der Waals surface area contributed by atoms with Gasteiger partial charge in [-0.05, 0) is 24.7 Å². The van der Waals surface area contributed by atoms with Crippen LogP contribution in [0.2, 0.25) is 0 Å². The Morgan fingerprint density at radius 1 is 1.21 bits per heavy atom. The van der Waals surface area contributed by atoms with Crippen molar-refractivity contribution in [2.75, 3.05) is 45.9 Å². The van der Waals surface area contributed by atoms with Crippen LogP contribution in [0.3, 0.4) is 0 Å². The number of halogens is 1. The third-order valence-corrected chi connectivity index (χ3v) is 5.53. The topological polar surface area (TPSA) is 54.1 Å². The molecule has 5 nitrogen and oxygen atoms in total. The van der Waals surface area contributed by atoms with Gasteiger partial charge in [-0.15, -0.1) is 24.0 Å². The van der Waals surface area contributed by atoms with Crippen molar-refractivity contribution in [3.05, 3.63) is 0 Å². The van der Waals surface area contributed by atoms with Gasteiger partial charge in [0.05, 0.1) is 19.8 Å². The second-order valence-electron chi connectivity index (χ2n) is 7.18. The molecule has 24 heavy (non-hydrogen) atoms. The van der Waals surface area contributed by atoms with E-state index in [1.165, 1.54) is 25.7 Å². The molecule has 0 aliphatic carbocycles. The minimum absolute atomic E-state index is 0. The zero-order valence-electron chi connectivity index (χ0n) is 15.7. The fraction of sp³-hybridized carbons (Fsp3) is 0.944. The van der Waals surface area contributed by atoms with E-state index in [4.69, 9.17) is 15.5 Å². The fourth-order valence-electron chi connectivity index (χ4n) is 3.99. The van der Waals surface area contributed by atoms with E-state index in [0.717, 1.165) is 57.8 Å². The van der Waals surface area contributed by atoms with Gasteiger partial charge in [0, 0.05) is 32.2 Å². The van der Waals surface area contributed by atoms with Gasteiger partial charge in [0.25, 0.3) is 0 Å². The Bertz CT molecular complexity index is 370. The zero-order valence-corrected chi connectivity index (χ0v) is 18.1. The van der Waals surface area contributed by atoms with Crippen molar-refractivity contribution in [3.8, 4) is 0 Å². The van der Waals surface area contributed by atoms with E-state index in [0.29, 0.717) is 12.0 Å². The first-order valence-electron chi connectivity index (χ1n) is 9.52. The van der Waals surface area contributed by atoms with Gasteiger partial charge >= 0.3 is 0 Å². The summed E-state index contributed by atoms with van der Waals surface area (Å²) in [6, 6.07) is 0.495. The number of rotatable bonds is 6. The molecule has 0 aromatic carbocycles. The van der Waals surface area contributed by atoms with Crippen molar-refractivity contribution >= 4 is 29.9 Å². The largest absolute Gasteiger partial charge is 0.379 e. The molecule has 2 unspecified atom stereocenters. The van der Waals surface area contributed by atoms with Crippen LogP contribution < -0.4 is 5.73 Å². The highest BCUT2D eigenvalue weighted by Crippen LogP contribution is 2.21. The highest BCUT2D eigenvalue weighted by atomic mass is 127. The molecule has 2 fully saturated rings. The first-order chi connectivity index (χ1) is 11.2. The van der Waals surface area contributed by atoms with E-state index in [-0.39, 0.29) is 24.0 Å². The van der Waals surface area contributed by atoms with Crippen molar-refractivity contribution in [3.63, 3.8) is 0 Å². The lowest BCUT2D eigenvalue weighted by molar-refractivity contribution is 0.00390. The van der Waals surface area contributed by atoms with Gasteiger partial charge in [-0.25, -0.2) is 0 Å². The van der Waals surface area contributed by atoms with Crippen molar-refractivity contribution in [1.82, 2.24) is 9.80 Å². The van der Waals surface area contributed by atoms with Gasteiger partial charge in [0.15, 0.2) is 5.96 Å². The van der Waals surface area contributed by atoms with E-state index >= 15 is 0 Å². The summed E-state index contributed by atoms with van der Waals surface area (Å²) in [7, 11) is 0. The minimum Gasteiger partial charge on any atom is -0.379 e. The fourth-order valence-corrected chi connectivity index (χ4v) is 3.99. The lowest BCUT2D eigenvalue weighted by Gasteiger charge is -2.38. The van der Waals surface area contributed by atoms with Crippen LogP contribution in [0.4, 0.5) is 0 Å². The molecule has 0 spiro atoms. The van der Waals surface area contributed by atoms with Crippen LogP contribution in [0, 0.1) is 11.8 Å². The number of likely N-dealkylation sites (tertiary alicyclic amines) is 1. The number of guanidine groups is 1. The molecule has 2 atom stereocenters. The highest BCUT2D eigenvalue weighted by Gasteiger charge is 2.27. The van der Waals surface area contributed by atoms with Gasteiger partial charge in [0.1, 0.15) is 0 Å². The van der Waals surface area contributed by atoms with Crippen LogP contribution in [-0.2, 0) is 4.74 Å². The molecule has 0 saturated carbocycles. The molecule has 2 aliphatic heterocycles. The molecule has 2 heterocycles. The van der Waals surface area contributed by atoms with Gasteiger partial charge in [-0.1, -0.05) is 33.6 Å². The molecule has 0 amide bonds. The summed E-state index contributed by atoms with van der Waals surface area (Å²) >= 11 is 0. The first kappa shape index (κ1) is 22.0. The van der Waals surface area contributed by atoms with Crippen molar-refractivity contribution in [2.45, 2.75) is 52.5 Å². The van der Waals surface area contributed by atoms with E-state index in [2.05, 4.69) is 30.6 Å². The number of hydrogen-bond donors (Lipinski definition) is 1. The Labute approximate surface area is 165 Å². The maximum absolute atomic E-state index is 6.30. The summed E-state index contributed by atoms with van der Waals surface area (Å²) in [5.41, 5.74) is 6.30. The smallest absolute Gasteiger partial charge is 0.191 e. The summed E-state index contributed by atoms with van der Waals surface area (Å²) in [6.07, 6.45) is 4.95. The molecule has 2 saturated heterocycles. The summed E-state index contributed by atoms with van der Waals surface area (Å²) in [5, 5.41) is 0. The maximum atomic E-state index is 6.30. The average molecular weight is 452 g/mol. The molecular weight excluding hydrogens is 415 g/mol. The molecule has 2 rings (SSSR count). The van der Waals surface area contributed by atoms with Crippen molar-refractivity contribution < 1.29 is 4.74 Å². The Morgan fingerprint density at radius 3 is 2.46 bits per heavy atom. The molecule has 6 heteroatoms. The number of piperidine rings is 1. The first-order valence-corrected chi connectivity index (χ1v) is 9.52. The van der Waals surface area contributed by atoms with Crippen molar-refractivity contribution in [1.29, 1.82) is 0 Å². The normalized spacial score (nSPS) is 24.8. The SMILES string of the molecule is CCC(CC)C(CN=C(N)N1CCCC(C)C1)N1CCOCC1.I. The lowest BCUT2D eigenvalue weighted by atomic mass is 9.92. The summed E-state index contributed by atoms with van der Waals surface area (Å²) in [6.45, 7) is 13.6. The van der Waals surface area contributed by atoms with Crippen LogP contribution in [0.1, 0.15) is 46.5 Å². The molecule has 2 aliphatic rings. The monoisotopic (exact) mass is 452 g/mol. The van der Waals surface area contributed by atoms with Crippen LogP contribution >= 0.6 is 24.0 Å². The minimum atomic E-state index is 0. The third-order valence-electron chi connectivity index (χ3n) is 5.53. The van der Waals surface area contributed by atoms with Crippen LogP contribution in [0.25, 0.3) is 0 Å². The number of nitrogens with two attached hydrogens (primary N) is 1. The molecule has 0 bridgehead atoms. The van der Waals surface area contributed by atoms with E-state index in [1.54, 1.807) is 0 Å². The molecule has 142 valence electrons. The van der Waals surface area contributed by atoms with Crippen molar-refractivity contribution in [2.24, 2.45) is 22.6 Å². The third kappa shape index (κ3) is 6.33. The number of hydrogen-bond acceptors (Lipinski definition) is 3. The Balaban J connectivity index is 0.00000288. The second kappa shape index (κ2) is 11.5. The van der Waals surface area contributed by atoms with Gasteiger partial charge in [0.2, 0.25) is 0 Å². The highest BCUT2D eigenvalue weighted by molar-refractivity contribution is 14.0. The molecule has 0 aromatic heterocycles. The van der Waals surface area contributed by atoms with E-state index in [9.17, 15) is 0 Å². The number of nitrogens with zero attached hydrogens (tertiary/aromatic N) is 3. The number of morpholine rings is 1. The second-order valence-corrected chi connectivity index (χ2v) is 7.18. The summed E-state index contributed by atoms with van der Waals surface area (Å²) in [4.78, 5) is 9.65. The predicted octanol–water partition coefficient (Wildman–Crippen LogP) is 2.79. The Hall–Kier alpha value is -0.0800. The van der Waals surface area contributed by atoms with Crippen LogP contribution in [0.15, 0.2) is 4.99 Å². The number of ether oxygens (including phenoxy) is 1. The average Bonchev–Trinajstić information content (AvgIpc) is 2.59.